The molecular formula is C19H15Br3N2O2S. The average molecular weight is 575 g/mol. The van der Waals surface area contributed by atoms with Crippen molar-refractivity contribution >= 4 is 76.7 Å². The van der Waals surface area contributed by atoms with E-state index in [-0.39, 0.29) is 5.91 Å². The van der Waals surface area contributed by atoms with Crippen molar-refractivity contribution in [3.05, 3.63) is 65.8 Å². The Morgan fingerprint density at radius 1 is 1.15 bits per heavy atom. The first-order valence-electron chi connectivity index (χ1n) is 7.89. The predicted octanol–water partition coefficient (Wildman–Crippen LogP) is 6.09. The van der Waals surface area contributed by atoms with Gasteiger partial charge in [-0.05, 0) is 85.1 Å². The van der Waals surface area contributed by atoms with E-state index in [9.17, 15) is 4.79 Å². The highest BCUT2D eigenvalue weighted by Crippen LogP contribution is 2.37. The fourth-order valence-electron chi connectivity index (χ4n) is 2.44. The first-order valence-corrected chi connectivity index (χ1v) is 11.1. The molecule has 27 heavy (non-hydrogen) atoms. The van der Waals surface area contributed by atoms with Gasteiger partial charge in [-0.25, -0.2) is 0 Å². The number of thioether (sulfide) groups is 1. The Hall–Kier alpha value is -1.09. The number of likely N-dealkylation sites (N-methyl/N-ethyl adjacent to an activating group) is 1. The van der Waals surface area contributed by atoms with Crippen LogP contribution in [0.1, 0.15) is 11.1 Å². The quantitative estimate of drug-likeness (QED) is 0.415. The summed E-state index contributed by atoms with van der Waals surface area (Å²) in [6.07, 6.45) is 1.86. The van der Waals surface area contributed by atoms with E-state index < -0.39 is 0 Å². The maximum absolute atomic E-state index is 12.3. The number of benzene rings is 2. The third kappa shape index (κ3) is 4.85. The molecule has 0 aromatic heterocycles. The predicted molar refractivity (Wildman–Crippen MR) is 122 cm³/mol. The molecule has 0 spiro atoms. The normalized spacial score (nSPS) is 17.2. The van der Waals surface area contributed by atoms with Gasteiger partial charge in [0.05, 0.1) is 13.9 Å². The van der Waals surface area contributed by atoms with Gasteiger partial charge in [0, 0.05) is 18.6 Å². The van der Waals surface area contributed by atoms with Crippen molar-refractivity contribution in [1.82, 2.24) is 4.90 Å². The molecule has 140 valence electrons. The lowest BCUT2D eigenvalue weighted by Gasteiger charge is -2.12. The van der Waals surface area contributed by atoms with Gasteiger partial charge in [-0.3, -0.25) is 14.7 Å². The second-order valence-electron chi connectivity index (χ2n) is 5.71. The number of amides is 1. The van der Waals surface area contributed by atoms with Gasteiger partial charge in [-0.1, -0.05) is 28.1 Å². The Morgan fingerprint density at radius 2 is 1.78 bits per heavy atom. The number of halogens is 3. The molecule has 1 saturated heterocycles. The molecule has 2 aromatic carbocycles. The Balaban J connectivity index is 1.80. The van der Waals surface area contributed by atoms with E-state index in [0.717, 1.165) is 30.3 Å². The fourth-order valence-corrected chi connectivity index (χ4v) is 5.08. The summed E-state index contributed by atoms with van der Waals surface area (Å²) in [6, 6.07) is 11.9. The molecule has 3 rings (SSSR count). The molecular weight excluding hydrogens is 560 g/mol. The van der Waals surface area contributed by atoms with Crippen LogP contribution in [0.2, 0.25) is 0 Å². The van der Waals surface area contributed by atoms with Gasteiger partial charge in [0.2, 0.25) is 0 Å². The summed E-state index contributed by atoms with van der Waals surface area (Å²) >= 11 is 11.9. The first-order chi connectivity index (χ1) is 12.9. The van der Waals surface area contributed by atoms with Crippen LogP contribution in [0.3, 0.4) is 0 Å². The Bertz CT molecular complexity index is 919. The molecule has 0 unspecified atom stereocenters. The third-order valence-corrected chi connectivity index (χ3v) is 6.67. The van der Waals surface area contributed by atoms with Crippen molar-refractivity contribution in [1.29, 1.82) is 0 Å². The molecule has 4 nitrogen and oxygen atoms in total. The zero-order valence-corrected chi connectivity index (χ0v) is 20.1. The molecule has 1 aliphatic rings. The van der Waals surface area contributed by atoms with Crippen LogP contribution in [0.5, 0.6) is 5.75 Å². The maximum atomic E-state index is 12.3. The van der Waals surface area contributed by atoms with Crippen LogP contribution in [0.15, 0.2) is 59.7 Å². The monoisotopic (exact) mass is 572 g/mol. The summed E-state index contributed by atoms with van der Waals surface area (Å²) in [7, 11) is 3.41. The van der Waals surface area contributed by atoms with E-state index in [0.29, 0.717) is 16.7 Å². The number of hydrogen-bond acceptors (Lipinski definition) is 4. The summed E-state index contributed by atoms with van der Waals surface area (Å²) in [5, 5.41) is 0.693. The molecule has 8 heteroatoms. The van der Waals surface area contributed by atoms with Gasteiger partial charge in [0.1, 0.15) is 12.4 Å². The van der Waals surface area contributed by atoms with Crippen LogP contribution in [-0.2, 0) is 11.4 Å². The molecule has 0 saturated carbocycles. The molecule has 1 aliphatic heterocycles. The highest BCUT2D eigenvalue weighted by Gasteiger charge is 2.29. The van der Waals surface area contributed by atoms with Crippen molar-refractivity contribution < 1.29 is 9.53 Å². The Kier molecular flexibility index (Phi) is 6.83. The Morgan fingerprint density at radius 3 is 2.33 bits per heavy atom. The van der Waals surface area contributed by atoms with Crippen LogP contribution in [0.25, 0.3) is 6.08 Å². The highest BCUT2D eigenvalue weighted by atomic mass is 79.9. The molecule has 0 N–H and O–H groups in total. The minimum absolute atomic E-state index is 0.0524. The molecule has 0 bridgehead atoms. The summed E-state index contributed by atoms with van der Waals surface area (Å²) in [5.41, 5.74) is 1.97. The summed E-state index contributed by atoms with van der Waals surface area (Å²) < 4.78 is 8.62. The fraction of sp³-hybridized carbons (Fsp3) is 0.158. The Labute approximate surface area is 187 Å². The molecule has 1 fully saturated rings. The lowest BCUT2D eigenvalue weighted by molar-refractivity contribution is -0.121. The van der Waals surface area contributed by atoms with Crippen molar-refractivity contribution in [2.75, 3.05) is 14.1 Å². The molecule has 2 aromatic rings. The van der Waals surface area contributed by atoms with Crippen molar-refractivity contribution in [3.8, 4) is 5.75 Å². The number of rotatable bonds is 4. The van der Waals surface area contributed by atoms with Gasteiger partial charge >= 0.3 is 0 Å². The number of hydrogen-bond donors (Lipinski definition) is 0. The van der Waals surface area contributed by atoms with Gasteiger partial charge in [0.15, 0.2) is 5.17 Å². The second kappa shape index (κ2) is 8.94. The zero-order valence-electron chi connectivity index (χ0n) is 14.5. The van der Waals surface area contributed by atoms with E-state index in [1.165, 1.54) is 11.8 Å². The van der Waals surface area contributed by atoms with E-state index in [4.69, 9.17) is 4.74 Å². The van der Waals surface area contributed by atoms with E-state index >= 15 is 0 Å². The smallest absolute Gasteiger partial charge is 0.266 e. The molecule has 1 amide bonds. The van der Waals surface area contributed by atoms with Crippen molar-refractivity contribution in [2.24, 2.45) is 4.99 Å². The van der Waals surface area contributed by atoms with Gasteiger partial charge in [-0.2, -0.15) is 0 Å². The summed E-state index contributed by atoms with van der Waals surface area (Å²) in [4.78, 5) is 18.6. The number of ether oxygens (including phenoxy) is 1. The summed E-state index contributed by atoms with van der Waals surface area (Å²) in [6.45, 7) is 0.459. The summed E-state index contributed by atoms with van der Waals surface area (Å²) in [5.74, 6) is 0.668. The third-order valence-electron chi connectivity index (χ3n) is 3.81. The van der Waals surface area contributed by atoms with E-state index in [1.807, 2.05) is 42.5 Å². The van der Waals surface area contributed by atoms with E-state index in [1.54, 1.807) is 19.0 Å². The number of aliphatic imine (C=N–C) groups is 1. The van der Waals surface area contributed by atoms with Gasteiger partial charge in [0.25, 0.3) is 5.91 Å². The van der Waals surface area contributed by atoms with Crippen molar-refractivity contribution in [2.45, 2.75) is 6.61 Å². The average Bonchev–Trinajstić information content (AvgIpc) is 2.90. The number of carbonyl (C=O) groups excluding carboxylic acids is 1. The standard InChI is InChI=1S/C19H15Br3N2O2S/c1-23-19-24(2)18(25)16(27-19)9-12-7-14(21)17(15(22)8-12)26-10-11-3-5-13(20)6-4-11/h3-9H,10H2,1-2H3/b16-9-,23-19?. The lowest BCUT2D eigenvalue weighted by Crippen LogP contribution is -2.23. The highest BCUT2D eigenvalue weighted by molar-refractivity contribution is 9.11. The lowest BCUT2D eigenvalue weighted by atomic mass is 10.2. The number of nitrogens with zero attached hydrogens (tertiary/aromatic N) is 2. The van der Waals surface area contributed by atoms with Gasteiger partial charge in [-0.15, -0.1) is 0 Å². The van der Waals surface area contributed by atoms with E-state index in [2.05, 4.69) is 52.8 Å². The van der Waals surface area contributed by atoms with Crippen LogP contribution >= 0.6 is 59.6 Å². The maximum Gasteiger partial charge on any atom is 0.266 e. The second-order valence-corrected chi connectivity index (χ2v) is 9.34. The number of amidine groups is 1. The van der Waals surface area contributed by atoms with Crippen LogP contribution < -0.4 is 4.74 Å². The topological polar surface area (TPSA) is 41.9 Å². The molecule has 0 radical (unpaired) electrons. The molecule has 0 aliphatic carbocycles. The minimum atomic E-state index is -0.0524. The van der Waals surface area contributed by atoms with Crippen LogP contribution in [0, 0.1) is 0 Å². The minimum Gasteiger partial charge on any atom is -0.487 e. The first kappa shape index (κ1) is 20.6. The van der Waals surface area contributed by atoms with Gasteiger partial charge < -0.3 is 4.74 Å². The largest absolute Gasteiger partial charge is 0.487 e. The van der Waals surface area contributed by atoms with Crippen molar-refractivity contribution in [3.63, 3.8) is 0 Å². The molecule has 0 atom stereocenters. The van der Waals surface area contributed by atoms with Crippen LogP contribution in [-0.4, -0.2) is 30.1 Å². The zero-order chi connectivity index (χ0) is 19.6. The van der Waals surface area contributed by atoms with Crippen LogP contribution in [0.4, 0.5) is 0 Å². The number of carbonyl (C=O) groups is 1. The SMILES string of the molecule is CN=C1S/C(=C\c2cc(Br)c(OCc3ccc(Br)cc3)c(Br)c2)C(=O)N1C. The molecule has 1 heterocycles.